The first-order valence-electron chi connectivity index (χ1n) is 7.17. The number of Topliss-reactive ketones (excluding diaryl/α,β-unsaturated/α-hetero) is 1. The highest BCUT2D eigenvalue weighted by Crippen LogP contribution is 2.24. The molecule has 1 aliphatic rings. The van der Waals surface area contributed by atoms with Gasteiger partial charge in [-0.15, -0.1) is 0 Å². The maximum Gasteiger partial charge on any atom is 0.150 e. The Morgan fingerprint density at radius 3 is 1.70 bits per heavy atom. The van der Waals surface area contributed by atoms with Crippen LogP contribution in [0, 0.1) is 0 Å². The first-order chi connectivity index (χ1) is 9.83. The highest BCUT2D eigenvalue weighted by molar-refractivity contribution is 5.89. The second-order valence-corrected chi connectivity index (χ2v) is 5.40. The van der Waals surface area contributed by atoms with Crippen LogP contribution in [0.5, 0.6) is 0 Å². The van der Waals surface area contributed by atoms with Crippen molar-refractivity contribution in [1.82, 2.24) is 4.90 Å². The van der Waals surface area contributed by atoms with Gasteiger partial charge in [-0.3, -0.25) is 9.69 Å². The molecule has 1 unspecified atom stereocenters. The van der Waals surface area contributed by atoms with E-state index in [1.54, 1.807) is 0 Å². The van der Waals surface area contributed by atoms with Crippen molar-refractivity contribution in [3.05, 3.63) is 71.8 Å². The van der Waals surface area contributed by atoms with Crippen LogP contribution in [-0.4, -0.2) is 16.7 Å². The van der Waals surface area contributed by atoms with E-state index in [9.17, 15) is 4.79 Å². The molecular formula is C18H19NO. The van der Waals surface area contributed by atoms with Crippen LogP contribution < -0.4 is 0 Å². The normalized spacial score (nSPS) is 18.1. The summed E-state index contributed by atoms with van der Waals surface area (Å²) in [5, 5.41) is 0. The molecule has 20 heavy (non-hydrogen) atoms. The molecule has 2 heteroatoms. The number of benzene rings is 2. The summed E-state index contributed by atoms with van der Waals surface area (Å²) in [4.78, 5) is 14.1. The molecule has 0 N–H and O–H groups in total. The zero-order valence-electron chi connectivity index (χ0n) is 11.5. The maximum atomic E-state index is 11.8. The van der Waals surface area contributed by atoms with Crippen molar-refractivity contribution in [2.24, 2.45) is 0 Å². The van der Waals surface area contributed by atoms with Crippen molar-refractivity contribution in [1.29, 1.82) is 0 Å². The molecule has 0 spiro atoms. The standard InChI is InChI=1S/C18H19NO/c20-18-12-11-17(18)19(13-15-7-3-1-4-8-15)14-16-9-5-2-6-10-16/h1-10,17H,11-14H2. The van der Waals surface area contributed by atoms with E-state index in [0.29, 0.717) is 5.78 Å². The zero-order valence-corrected chi connectivity index (χ0v) is 11.5. The number of hydrogen-bond acceptors (Lipinski definition) is 2. The topological polar surface area (TPSA) is 20.3 Å². The minimum atomic E-state index is 0.107. The third-order valence-electron chi connectivity index (χ3n) is 3.93. The number of hydrogen-bond donors (Lipinski definition) is 0. The van der Waals surface area contributed by atoms with Crippen LogP contribution in [0.2, 0.25) is 0 Å². The molecule has 0 bridgehead atoms. The predicted octanol–water partition coefficient (Wildman–Crippen LogP) is 3.42. The zero-order chi connectivity index (χ0) is 13.8. The van der Waals surface area contributed by atoms with Gasteiger partial charge in [-0.05, 0) is 17.5 Å². The van der Waals surface area contributed by atoms with Crippen molar-refractivity contribution in [2.75, 3.05) is 0 Å². The highest BCUT2D eigenvalue weighted by atomic mass is 16.1. The number of ketones is 1. The van der Waals surface area contributed by atoms with Gasteiger partial charge in [0.25, 0.3) is 0 Å². The lowest BCUT2D eigenvalue weighted by Crippen LogP contribution is -2.46. The largest absolute Gasteiger partial charge is 0.298 e. The number of rotatable bonds is 5. The number of nitrogens with zero attached hydrogens (tertiary/aromatic N) is 1. The fraction of sp³-hybridized carbons (Fsp3) is 0.278. The van der Waals surface area contributed by atoms with E-state index in [-0.39, 0.29) is 6.04 Å². The molecule has 0 aliphatic heterocycles. The van der Waals surface area contributed by atoms with Crippen LogP contribution in [0.25, 0.3) is 0 Å². The molecule has 0 aromatic heterocycles. The Bertz CT molecular complexity index is 523. The summed E-state index contributed by atoms with van der Waals surface area (Å²) in [6, 6.07) is 20.9. The summed E-state index contributed by atoms with van der Waals surface area (Å²) in [7, 11) is 0. The van der Waals surface area contributed by atoms with Crippen LogP contribution in [0.1, 0.15) is 24.0 Å². The van der Waals surface area contributed by atoms with Gasteiger partial charge in [0.05, 0.1) is 6.04 Å². The molecule has 0 amide bonds. The molecular weight excluding hydrogens is 246 g/mol. The summed E-state index contributed by atoms with van der Waals surface area (Å²) in [5.41, 5.74) is 2.53. The van der Waals surface area contributed by atoms with Gasteiger partial charge < -0.3 is 0 Å². The van der Waals surface area contributed by atoms with Crippen LogP contribution in [0.4, 0.5) is 0 Å². The van der Waals surface area contributed by atoms with Crippen molar-refractivity contribution in [2.45, 2.75) is 32.0 Å². The molecule has 0 heterocycles. The molecule has 102 valence electrons. The quantitative estimate of drug-likeness (QED) is 0.825. The summed E-state index contributed by atoms with van der Waals surface area (Å²) in [6.45, 7) is 1.68. The van der Waals surface area contributed by atoms with Crippen LogP contribution in [-0.2, 0) is 17.9 Å². The first kappa shape index (κ1) is 13.1. The average molecular weight is 265 g/mol. The van der Waals surface area contributed by atoms with E-state index in [2.05, 4.69) is 53.4 Å². The number of carbonyl (C=O) groups excluding carboxylic acids is 1. The summed E-state index contributed by atoms with van der Waals surface area (Å²) in [6.07, 6.45) is 1.74. The predicted molar refractivity (Wildman–Crippen MR) is 80.2 cm³/mol. The van der Waals surface area contributed by atoms with Crippen molar-refractivity contribution < 1.29 is 4.79 Å². The first-order valence-corrected chi connectivity index (χ1v) is 7.17. The van der Waals surface area contributed by atoms with Gasteiger partial charge in [0.15, 0.2) is 0 Å². The lowest BCUT2D eigenvalue weighted by Gasteiger charge is -2.36. The second kappa shape index (κ2) is 6.02. The van der Waals surface area contributed by atoms with Gasteiger partial charge in [-0.1, -0.05) is 60.7 Å². The molecule has 1 fully saturated rings. The van der Waals surface area contributed by atoms with E-state index < -0.39 is 0 Å². The monoisotopic (exact) mass is 265 g/mol. The number of carbonyl (C=O) groups is 1. The Hall–Kier alpha value is -1.93. The lowest BCUT2D eigenvalue weighted by atomic mass is 9.89. The molecule has 0 radical (unpaired) electrons. The van der Waals surface area contributed by atoms with Gasteiger partial charge in [0, 0.05) is 19.5 Å². The molecule has 1 aliphatic carbocycles. The summed E-state index contributed by atoms with van der Waals surface area (Å²) < 4.78 is 0. The molecule has 0 saturated heterocycles. The van der Waals surface area contributed by atoms with Gasteiger partial charge in [0.1, 0.15) is 5.78 Å². The van der Waals surface area contributed by atoms with E-state index in [4.69, 9.17) is 0 Å². The smallest absolute Gasteiger partial charge is 0.150 e. The summed E-state index contributed by atoms with van der Waals surface area (Å²) >= 11 is 0. The van der Waals surface area contributed by atoms with Crippen LogP contribution >= 0.6 is 0 Å². The second-order valence-electron chi connectivity index (χ2n) is 5.40. The van der Waals surface area contributed by atoms with Crippen LogP contribution in [0.3, 0.4) is 0 Å². The van der Waals surface area contributed by atoms with E-state index in [0.717, 1.165) is 25.9 Å². The Morgan fingerprint density at radius 1 is 0.850 bits per heavy atom. The van der Waals surface area contributed by atoms with E-state index in [1.165, 1.54) is 11.1 Å². The van der Waals surface area contributed by atoms with Crippen molar-refractivity contribution in [3.63, 3.8) is 0 Å². The third-order valence-corrected chi connectivity index (χ3v) is 3.93. The Morgan fingerprint density at radius 2 is 1.35 bits per heavy atom. The maximum absolute atomic E-state index is 11.8. The molecule has 1 atom stereocenters. The average Bonchev–Trinajstić information content (AvgIpc) is 2.48. The van der Waals surface area contributed by atoms with Crippen LogP contribution in [0.15, 0.2) is 60.7 Å². The third kappa shape index (κ3) is 2.97. The highest BCUT2D eigenvalue weighted by Gasteiger charge is 2.33. The lowest BCUT2D eigenvalue weighted by molar-refractivity contribution is -0.131. The van der Waals surface area contributed by atoms with Crippen molar-refractivity contribution in [3.8, 4) is 0 Å². The van der Waals surface area contributed by atoms with Gasteiger partial charge in [0.2, 0.25) is 0 Å². The Kier molecular flexibility index (Phi) is 3.93. The SMILES string of the molecule is O=C1CCC1N(Cc1ccccc1)Cc1ccccc1. The fourth-order valence-corrected chi connectivity index (χ4v) is 2.69. The Balaban J connectivity index is 1.75. The Labute approximate surface area is 120 Å². The fourth-order valence-electron chi connectivity index (χ4n) is 2.69. The minimum absolute atomic E-state index is 0.107. The van der Waals surface area contributed by atoms with Gasteiger partial charge in [-0.25, -0.2) is 0 Å². The molecule has 2 aromatic rings. The molecule has 2 nitrogen and oxygen atoms in total. The molecule has 1 saturated carbocycles. The summed E-state index contributed by atoms with van der Waals surface area (Å²) in [5.74, 6) is 0.386. The minimum Gasteiger partial charge on any atom is -0.298 e. The van der Waals surface area contributed by atoms with E-state index >= 15 is 0 Å². The van der Waals surface area contributed by atoms with Gasteiger partial charge in [-0.2, -0.15) is 0 Å². The van der Waals surface area contributed by atoms with Crippen molar-refractivity contribution >= 4 is 5.78 Å². The van der Waals surface area contributed by atoms with Gasteiger partial charge >= 0.3 is 0 Å². The molecule has 2 aromatic carbocycles. The van der Waals surface area contributed by atoms with E-state index in [1.807, 2.05) is 12.1 Å². The molecule has 3 rings (SSSR count).